The summed E-state index contributed by atoms with van der Waals surface area (Å²) in [4.78, 5) is 17.9. The first kappa shape index (κ1) is 9.85. The highest BCUT2D eigenvalue weighted by Crippen LogP contribution is 1.52. The molecule has 0 aliphatic carbocycles. The van der Waals surface area contributed by atoms with E-state index < -0.39 is 0 Å². The molecule has 0 heterocycles. The van der Waals surface area contributed by atoms with E-state index in [1.807, 2.05) is 5.92 Å². The number of hydrogen-bond acceptors (Lipinski definition) is 2. The maximum atomic E-state index is 9.58. The van der Waals surface area contributed by atoms with Crippen LogP contribution in [0.2, 0.25) is 0 Å². The second-order valence-corrected chi connectivity index (χ2v) is 0.806. The van der Waals surface area contributed by atoms with Crippen molar-refractivity contribution < 1.29 is 14.7 Å². The number of Topliss-reactive ketones (excluding diaryl/α,β-unsaturated/α-hetero) is 1. The lowest BCUT2D eigenvalue weighted by Crippen LogP contribution is -1.75. The van der Waals surface area contributed by atoms with Gasteiger partial charge < -0.3 is 5.11 Å². The zero-order chi connectivity index (χ0) is 6.99. The summed E-state index contributed by atoms with van der Waals surface area (Å²) in [6.07, 6.45) is 4.57. The van der Waals surface area contributed by atoms with Gasteiger partial charge in [0, 0.05) is 6.92 Å². The average molecular weight is 114 g/mol. The van der Waals surface area contributed by atoms with Crippen molar-refractivity contribution in [1.82, 2.24) is 0 Å². The molecule has 0 aliphatic heterocycles. The van der Waals surface area contributed by atoms with E-state index in [0.717, 1.165) is 0 Å². The van der Waals surface area contributed by atoms with Crippen LogP contribution >= 0.6 is 0 Å². The smallest absolute Gasteiger partial charge is 0.290 e. The van der Waals surface area contributed by atoms with Crippen LogP contribution in [0.15, 0.2) is 0 Å². The van der Waals surface area contributed by atoms with Crippen LogP contribution in [-0.2, 0) is 9.59 Å². The van der Waals surface area contributed by atoms with Gasteiger partial charge in [0.1, 0.15) is 0 Å². The lowest BCUT2D eigenvalue weighted by molar-refractivity contribution is -0.122. The summed E-state index contributed by atoms with van der Waals surface area (Å²) in [5.41, 5.74) is 0. The van der Waals surface area contributed by atoms with Gasteiger partial charge in [-0.05, 0) is 5.92 Å². The topological polar surface area (TPSA) is 54.4 Å². The van der Waals surface area contributed by atoms with Gasteiger partial charge in [-0.1, -0.05) is 0 Å². The lowest BCUT2D eigenvalue weighted by Gasteiger charge is -1.58. The molecule has 0 aromatic rings. The van der Waals surface area contributed by atoms with Gasteiger partial charge in [0.25, 0.3) is 6.47 Å². The first-order chi connectivity index (χ1) is 3.68. The van der Waals surface area contributed by atoms with E-state index in [4.69, 9.17) is 9.90 Å². The molecule has 1 N–H and O–H groups in total. The number of ketones is 1. The maximum Gasteiger partial charge on any atom is 0.290 e. The van der Waals surface area contributed by atoms with Crippen LogP contribution in [0, 0.1) is 12.3 Å². The van der Waals surface area contributed by atoms with Gasteiger partial charge in [-0.15, -0.1) is 6.42 Å². The Bertz CT molecular complexity index is 109. The summed E-state index contributed by atoms with van der Waals surface area (Å²) in [6, 6.07) is 0. The van der Waals surface area contributed by atoms with Gasteiger partial charge in [0.15, 0.2) is 0 Å². The highest BCUT2D eigenvalue weighted by atomic mass is 16.3. The van der Waals surface area contributed by atoms with E-state index in [-0.39, 0.29) is 12.3 Å². The molecule has 8 heavy (non-hydrogen) atoms. The van der Waals surface area contributed by atoms with Crippen LogP contribution in [0.25, 0.3) is 0 Å². The molecule has 0 aromatic carbocycles. The van der Waals surface area contributed by atoms with Crippen LogP contribution in [-0.4, -0.2) is 17.4 Å². The standard InChI is InChI=1S/C4H4O.CH2O2/c1-3-4(2)5;2-1-3/h1H,2H3;1H,(H,2,3). The summed E-state index contributed by atoms with van der Waals surface area (Å²) in [6.45, 7) is 1.10. The number of carbonyl (C=O) groups excluding carboxylic acids is 1. The van der Waals surface area contributed by atoms with Crippen LogP contribution in [0.1, 0.15) is 6.92 Å². The van der Waals surface area contributed by atoms with E-state index in [1.165, 1.54) is 6.92 Å². The SMILES string of the molecule is C#CC(C)=O.O=CO. The Hall–Kier alpha value is -1.30. The third-order valence-electron chi connectivity index (χ3n) is 0.203. The second-order valence-electron chi connectivity index (χ2n) is 0.806. The van der Waals surface area contributed by atoms with E-state index >= 15 is 0 Å². The molecule has 0 amide bonds. The van der Waals surface area contributed by atoms with Crippen LogP contribution < -0.4 is 0 Å². The monoisotopic (exact) mass is 114 g/mol. The summed E-state index contributed by atoms with van der Waals surface area (Å²) < 4.78 is 0. The minimum absolute atomic E-state index is 0.218. The summed E-state index contributed by atoms with van der Waals surface area (Å²) in [7, 11) is 0. The Kier molecular flexibility index (Phi) is 11.3. The molecule has 0 radical (unpaired) electrons. The minimum atomic E-state index is -0.250. The Morgan fingerprint density at radius 2 is 2.00 bits per heavy atom. The Morgan fingerprint density at radius 1 is 1.88 bits per heavy atom. The molecule has 0 unspecified atom stereocenters. The van der Waals surface area contributed by atoms with Gasteiger partial charge in [-0.2, -0.15) is 0 Å². The van der Waals surface area contributed by atoms with Gasteiger partial charge in [0.2, 0.25) is 5.78 Å². The minimum Gasteiger partial charge on any atom is -0.483 e. The molecule has 0 bridgehead atoms. The van der Waals surface area contributed by atoms with Crippen molar-refractivity contribution in [2.75, 3.05) is 0 Å². The van der Waals surface area contributed by atoms with Crippen LogP contribution in [0.3, 0.4) is 0 Å². The maximum absolute atomic E-state index is 9.58. The van der Waals surface area contributed by atoms with E-state index in [2.05, 4.69) is 6.42 Å². The molecule has 3 nitrogen and oxygen atoms in total. The van der Waals surface area contributed by atoms with Gasteiger partial charge in [0.05, 0.1) is 0 Å². The molecule has 44 valence electrons. The number of rotatable bonds is 0. The van der Waals surface area contributed by atoms with Crippen molar-refractivity contribution in [1.29, 1.82) is 0 Å². The van der Waals surface area contributed by atoms with Gasteiger partial charge >= 0.3 is 0 Å². The highest BCUT2D eigenvalue weighted by molar-refractivity contribution is 5.92. The third kappa shape index (κ3) is 131. The molecule has 0 fully saturated rings. The first-order valence-electron chi connectivity index (χ1n) is 1.74. The zero-order valence-corrected chi connectivity index (χ0v) is 4.42. The molecule has 0 spiro atoms. The molecule has 0 atom stereocenters. The molecular formula is C5H6O3. The normalized spacial score (nSPS) is 5.00. The predicted octanol–water partition coefficient (Wildman–Crippen LogP) is -0.0906. The molecule has 0 saturated carbocycles. The molecular weight excluding hydrogens is 108 g/mol. The van der Waals surface area contributed by atoms with Gasteiger partial charge in [-0.3, -0.25) is 9.59 Å². The largest absolute Gasteiger partial charge is 0.483 e. The van der Waals surface area contributed by atoms with E-state index in [0.29, 0.717) is 0 Å². The van der Waals surface area contributed by atoms with Crippen molar-refractivity contribution in [2.45, 2.75) is 6.92 Å². The van der Waals surface area contributed by atoms with Gasteiger partial charge in [-0.25, -0.2) is 0 Å². The van der Waals surface area contributed by atoms with E-state index in [1.54, 1.807) is 0 Å². The lowest BCUT2D eigenvalue weighted by atomic mass is 10.5. The van der Waals surface area contributed by atoms with Crippen LogP contribution in [0.5, 0.6) is 0 Å². The second kappa shape index (κ2) is 9.20. The summed E-state index contributed by atoms with van der Waals surface area (Å²) in [5, 5.41) is 6.89. The predicted molar refractivity (Wildman–Crippen MR) is 28.2 cm³/mol. The van der Waals surface area contributed by atoms with Crippen molar-refractivity contribution in [3.63, 3.8) is 0 Å². The molecule has 0 aromatic heterocycles. The molecule has 3 heteroatoms. The van der Waals surface area contributed by atoms with Crippen molar-refractivity contribution in [3.05, 3.63) is 0 Å². The van der Waals surface area contributed by atoms with E-state index in [9.17, 15) is 4.79 Å². The Balaban J connectivity index is 0. The number of hydrogen-bond donors (Lipinski definition) is 1. The van der Waals surface area contributed by atoms with Crippen LogP contribution in [0.4, 0.5) is 0 Å². The number of carboxylic acid groups (broad SMARTS) is 1. The fourth-order valence-corrected chi connectivity index (χ4v) is 0. The molecule has 0 aliphatic rings. The summed E-state index contributed by atoms with van der Waals surface area (Å²) in [5.74, 6) is 1.67. The Morgan fingerprint density at radius 3 is 2.00 bits per heavy atom. The number of terminal acetylenes is 1. The first-order valence-corrected chi connectivity index (χ1v) is 1.74. The zero-order valence-electron chi connectivity index (χ0n) is 4.42. The molecule has 0 rings (SSSR count). The quantitative estimate of drug-likeness (QED) is 0.272. The fourth-order valence-electron chi connectivity index (χ4n) is 0. The Labute approximate surface area is 47.3 Å². The number of carbonyl (C=O) groups is 2. The van der Waals surface area contributed by atoms with Crippen molar-refractivity contribution >= 4 is 12.3 Å². The highest BCUT2D eigenvalue weighted by Gasteiger charge is 1.70. The fraction of sp³-hybridized carbons (Fsp3) is 0.200. The average Bonchev–Trinajstić information content (AvgIpc) is 1.69. The third-order valence-corrected chi connectivity index (χ3v) is 0.203. The van der Waals surface area contributed by atoms with Crippen molar-refractivity contribution in [2.24, 2.45) is 0 Å². The molecule has 0 saturated heterocycles. The van der Waals surface area contributed by atoms with Crippen molar-refractivity contribution in [3.8, 4) is 12.3 Å². The summed E-state index contributed by atoms with van der Waals surface area (Å²) >= 11 is 0.